The van der Waals surface area contributed by atoms with Crippen molar-refractivity contribution in [1.82, 2.24) is 0 Å². The molecule has 0 unspecified atom stereocenters. The first-order chi connectivity index (χ1) is 8.78. The van der Waals surface area contributed by atoms with Crippen molar-refractivity contribution in [3.05, 3.63) is 24.3 Å². The number of nitrogens with one attached hydrogen (secondary N) is 1. The molecular formula is C15H19NO2. The van der Waals surface area contributed by atoms with Crippen molar-refractivity contribution in [2.45, 2.75) is 25.7 Å². The Balaban J connectivity index is 1.71. The second-order valence-electron chi connectivity index (χ2n) is 5.47. The van der Waals surface area contributed by atoms with Crippen LogP contribution in [0.5, 0.6) is 5.75 Å². The van der Waals surface area contributed by atoms with Crippen molar-refractivity contribution in [3.63, 3.8) is 0 Å². The molecule has 1 N–H and O–H groups in total. The molecule has 1 aromatic carbocycles. The van der Waals surface area contributed by atoms with Crippen molar-refractivity contribution in [2.75, 3.05) is 12.4 Å². The maximum absolute atomic E-state index is 12.3. The first kappa shape index (κ1) is 11.6. The van der Waals surface area contributed by atoms with E-state index in [1.165, 1.54) is 19.3 Å². The summed E-state index contributed by atoms with van der Waals surface area (Å²) >= 11 is 0. The molecule has 3 heteroatoms. The summed E-state index contributed by atoms with van der Waals surface area (Å²) in [6.45, 7) is 0. The highest BCUT2D eigenvalue weighted by Gasteiger charge is 2.43. The maximum atomic E-state index is 12.3. The number of rotatable bonds is 3. The molecule has 2 fully saturated rings. The summed E-state index contributed by atoms with van der Waals surface area (Å²) in [6, 6.07) is 7.59. The topological polar surface area (TPSA) is 38.3 Å². The van der Waals surface area contributed by atoms with Crippen LogP contribution in [0.25, 0.3) is 0 Å². The Labute approximate surface area is 108 Å². The lowest BCUT2D eigenvalue weighted by molar-refractivity contribution is -0.121. The molecule has 96 valence electrons. The zero-order valence-electron chi connectivity index (χ0n) is 10.7. The molecule has 0 heterocycles. The van der Waals surface area contributed by atoms with E-state index in [4.69, 9.17) is 4.74 Å². The molecule has 1 amide bonds. The van der Waals surface area contributed by atoms with Gasteiger partial charge in [0, 0.05) is 5.92 Å². The van der Waals surface area contributed by atoms with Gasteiger partial charge in [0.05, 0.1) is 12.8 Å². The van der Waals surface area contributed by atoms with Gasteiger partial charge in [-0.25, -0.2) is 0 Å². The van der Waals surface area contributed by atoms with E-state index < -0.39 is 0 Å². The van der Waals surface area contributed by atoms with Gasteiger partial charge in [0.25, 0.3) is 0 Å². The Kier molecular flexibility index (Phi) is 2.98. The third-order valence-electron chi connectivity index (χ3n) is 4.44. The molecule has 0 aliphatic heterocycles. The number of amides is 1. The first-order valence-electron chi connectivity index (χ1n) is 6.72. The second kappa shape index (κ2) is 4.63. The van der Waals surface area contributed by atoms with Crippen LogP contribution in [0.15, 0.2) is 24.3 Å². The number of anilines is 1. The van der Waals surface area contributed by atoms with Gasteiger partial charge >= 0.3 is 0 Å². The van der Waals surface area contributed by atoms with Crippen LogP contribution in [0.1, 0.15) is 25.7 Å². The van der Waals surface area contributed by atoms with Crippen LogP contribution in [0.4, 0.5) is 5.69 Å². The van der Waals surface area contributed by atoms with Gasteiger partial charge in [0.15, 0.2) is 0 Å². The number of carbonyl (C=O) groups is 1. The molecule has 3 nitrogen and oxygen atoms in total. The Hall–Kier alpha value is -1.51. The van der Waals surface area contributed by atoms with E-state index in [0.717, 1.165) is 23.8 Å². The van der Waals surface area contributed by atoms with Crippen LogP contribution in [0.2, 0.25) is 0 Å². The molecule has 18 heavy (non-hydrogen) atoms. The Morgan fingerprint density at radius 2 is 2.11 bits per heavy atom. The molecule has 3 atom stereocenters. The number of ether oxygens (including phenoxy) is 1. The minimum absolute atomic E-state index is 0.173. The van der Waals surface area contributed by atoms with E-state index in [0.29, 0.717) is 5.92 Å². The van der Waals surface area contributed by atoms with Crippen LogP contribution in [0.3, 0.4) is 0 Å². The normalized spacial score (nSPS) is 29.3. The highest BCUT2D eigenvalue weighted by Crippen LogP contribution is 2.48. The third kappa shape index (κ3) is 1.98. The zero-order chi connectivity index (χ0) is 12.5. The van der Waals surface area contributed by atoms with Crippen LogP contribution in [-0.2, 0) is 4.79 Å². The zero-order valence-corrected chi connectivity index (χ0v) is 10.7. The number of carbonyl (C=O) groups excluding carboxylic acids is 1. The highest BCUT2D eigenvalue weighted by molar-refractivity contribution is 5.94. The molecule has 2 bridgehead atoms. The van der Waals surface area contributed by atoms with Gasteiger partial charge in [-0.2, -0.15) is 0 Å². The van der Waals surface area contributed by atoms with Crippen molar-refractivity contribution in [2.24, 2.45) is 17.8 Å². The van der Waals surface area contributed by atoms with E-state index in [1.54, 1.807) is 7.11 Å². The Bertz CT molecular complexity index is 458. The second-order valence-corrected chi connectivity index (χ2v) is 5.47. The van der Waals surface area contributed by atoms with Gasteiger partial charge in [-0.05, 0) is 43.2 Å². The van der Waals surface area contributed by atoms with Gasteiger partial charge in [0.1, 0.15) is 5.75 Å². The molecule has 2 saturated carbocycles. The molecule has 0 aromatic heterocycles. The summed E-state index contributed by atoms with van der Waals surface area (Å²) < 4.78 is 5.26. The number of para-hydroxylation sites is 2. The monoisotopic (exact) mass is 245 g/mol. The van der Waals surface area contributed by atoms with Crippen molar-refractivity contribution in [3.8, 4) is 5.75 Å². The standard InChI is InChI=1S/C15H19NO2/c1-18-14-5-3-2-4-13(14)16-15(17)12-9-10-6-7-11(12)8-10/h2-5,10-12H,6-9H2,1H3,(H,16,17)/t10-,11-,12+/m1/s1. The van der Waals surface area contributed by atoms with Crippen LogP contribution in [-0.4, -0.2) is 13.0 Å². The van der Waals surface area contributed by atoms with E-state index in [-0.39, 0.29) is 11.8 Å². The number of methoxy groups -OCH3 is 1. The smallest absolute Gasteiger partial charge is 0.227 e. The van der Waals surface area contributed by atoms with E-state index in [1.807, 2.05) is 24.3 Å². The quantitative estimate of drug-likeness (QED) is 0.888. The van der Waals surface area contributed by atoms with Crippen molar-refractivity contribution >= 4 is 11.6 Å². The number of benzene rings is 1. The Morgan fingerprint density at radius 3 is 2.78 bits per heavy atom. The predicted octanol–water partition coefficient (Wildman–Crippen LogP) is 3.07. The van der Waals surface area contributed by atoms with Gasteiger partial charge < -0.3 is 10.1 Å². The summed E-state index contributed by atoms with van der Waals surface area (Å²) in [5.74, 6) is 2.53. The summed E-state index contributed by atoms with van der Waals surface area (Å²) in [6.07, 6.45) is 4.88. The fraction of sp³-hybridized carbons (Fsp3) is 0.533. The lowest BCUT2D eigenvalue weighted by atomic mass is 9.88. The van der Waals surface area contributed by atoms with Crippen molar-refractivity contribution < 1.29 is 9.53 Å². The van der Waals surface area contributed by atoms with Crippen LogP contribution in [0, 0.1) is 17.8 Å². The number of hydrogen-bond donors (Lipinski definition) is 1. The minimum atomic E-state index is 0.173. The fourth-order valence-electron chi connectivity index (χ4n) is 3.54. The molecular weight excluding hydrogens is 226 g/mol. The molecule has 2 aliphatic rings. The first-order valence-corrected chi connectivity index (χ1v) is 6.72. The van der Waals surface area contributed by atoms with E-state index in [2.05, 4.69) is 5.32 Å². The van der Waals surface area contributed by atoms with E-state index >= 15 is 0 Å². The van der Waals surface area contributed by atoms with Gasteiger partial charge in [0.2, 0.25) is 5.91 Å². The molecule has 0 spiro atoms. The molecule has 1 aromatic rings. The summed E-state index contributed by atoms with van der Waals surface area (Å²) in [4.78, 5) is 12.3. The lowest BCUT2D eigenvalue weighted by Gasteiger charge is -2.21. The SMILES string of the molecule is COc1ccccc1NC(=O)[C@H]1C[C@@H]2CC[C@@H]1C2. The third-order valence-corrected chi connectivity index (χ3v) is 4.44. The molecule has 2 aliphatic carbocycles. The van der Waals surface area contributed by atoms with Gasteiger partial charge in [-0.3, -0.25) is 4.79 Å². The predicted molar refractivity (Wildman–Crippen MR) is 70.6 cm³/mol. The van der Waals surface area contributed by atoms with E-state index in [9.17, 15) is 4.79 Å². The molecule has 3 rings (SSSR count). The summed E-state index contributed by atoms with van der Waals surface area (Å²) in [7, 11) is 1.63. The Morgan fingerprint density at radius 1 is 1.28 bits per heavy atom. The molecule has 0 radical (unpaired) electrons. The molecule has 0 saturated heterocycles. The maximum Gasteiger partial charge on any atom is 0.227 e. The van der Waals surface area contributed by atoms with Gasteiger partial charge in [-0.15, -0.1) is 0 Å². The van der Waals surface area contributed by atoms with Crippen LogP contribution >= 0.6 is 0 Å². The number of fused-ring (bicyclic) bond motifs is 2. The fourth-order valence-corrected chi connectivity index (χ4v) is 3.54. The lowest BCUT2D eigenvalue weighted by Crippen LogP contribution is -2.27. The number of hydrogen-bond acceptors (Lipinski definition) is 2. The van der Waals surface area contributed by atoms with Crippen LogP contribution < -0.4 is 10.1 Å². The average Bonchev–Trinajstić information content (AvgIpc) is 3.01. The summed E-state index contributed by atoms with van der Waals surface area (Å²) in [5.41, 5.74) is 0.785. The minimum Gasteiger partial charge on any atom is -0.495 e. The van der Waals surface area contributed by atoms with Crippen molar-refractivity contribution in [1.29, 1.82) is 0 Å². The largest absolute Gasteiger partial charge is 0.495 e. The average molecular weight is 245 g/mol. The summed E-state index contributed by atoms with van der Waals surface area (Å²) in [5, 5.41) is 3.02. The van der Waals surface area contributed by atoms with Gasteiger partial charge in [-0.1, -0.05) is 18.6 Å². The highest BCUT2D eigenvalue weighted by atomic mass is 16.5.